The van der Waals surface area contributed by atoms with Gasteiger partial charge in [0.2, 0.25) is 5.91 Å². The first-order valence-corrected chi connectivity index (χ1v) is 6.50. The molecule has 1 saturated heterocycles. The molecule has 0 radical (unpaired) electrons. The summed E-state index contributed by atoms with van der Waals surface area (Å²) in [6.07, 6.45) is -3.49. The van der Waals surface area contributed by atoms with E-state index in [1.807, 2.05) is 0 Å². The fourth-order valence-corrected chi connectivity index (χ4v) is 2.49. The number of benzene rings is 1. The number of hydrogen-bond donors (Lipinski definition) is 1. The molecule has 0 aromatic heterocycles. The molecule has 1 unspecified atom stereocenters. The van der Waals surface area contributed by atoms with Crippen molar-refractivity contribution in [2.75, 3.05) is 13.1 Å². The molecule has 2 nitrogen and oxygen atoms in total. The molecule has 1 fully saturated rings. The van der Waals surface area contributed by atoms with E-state index in [0.717, 1.165) is 12.1 Å². The van der Waals surface area contributed by atoms with Crippen molar-refractivity contribution in [1.82, 2.24) is 4.90 Å². The minimum atomic E-state index is -4.32. The van der Waals surface area contributed by atoms with Crippen molar-refractivity contribution in [1.29, 1.82) is 0 Å². The Balaban J connectivity index is 1.98. The van der Waals surface area contributed by atoms with Crippen LogP contribution in [0.15, 0.2) is 24.3 Å². The highest BCUT2D eigenvalue weighted by atomic mass is 32.1. The molecule has 1 amide bonds. The maximum absolute atomic E-state index is 12.5. The van der Waals surface area contributed by atoms with Crippen LogP contribution in [0.1, 0.15) is 17.5 Å². The third kappa shape index (κ3) is 3.65. The molecular formula is C13H14F3NOS. The van der Waals surface area contributed by atoms with Gasteiger partial charge in [-0.3, -0.25) is 4.79 Å². The summed E-state index contributed by atoms with van der Waals surface area (Å²) >= 11 is 4.23. The Morgan fingerprint density at radius 1 is 1.37 bits per heavy atom. The van der Waals surface area contributed by atoms with Gasteiger partial charge in [0.25, 0.3) is 0 Å². The molecule has 1 aromatic carbocycles. The first kappa shape index (κ1) is 14.2. The summed E-state index contributed by atoms with van der Waals surface area (Å²) < 4.78 is 37.6. The second-order valence-electron chi connectivity index (χ2n) is 4.65. The number of amides is 1. The summed E-state index contributed by atoms with van der Waals surface area (Å²) in [4.78, 5) is 13.2. The van der Waals surface area contributed by atoms with Gasteiger partial charge in [0.05, 0.1) is 5.56 Å². The van der Waals surface area contributed by atoms with E-state index in [9.17, 15) is 18.0 Å². The molecule has 1 aromatic rings. The van der Waals surface area contributed by atoms with E-state index in [1.165, 1.54) is 6.07 Å². The highest BCUT2D eigenvalue weighted by Crippen LogP contribution is 2.29. The van der Waals surface area contributed by atoms with Gasteiger partial charge >= 0.3 is 6.18 Å². The van der Waals surface area contributed by atoms with Crippen LogP contribution in [0.25, 0.3) is 0 Å². The molecule has 0 saturated carbocycles. The highest BCUT2D eigenvalue weighted by molar-refractivity contribution is 7.81. The van der Waals surface area contributed by atoms with Crippen LogP contribution in [-0.4, -0.2) is 29.1 Å². The molecular weight excluding hydrogens is 275 g/mol. The molecule has 6 heteroatoms. The molecule has 1 heterocycles. The average molecular weight is 289 g/mol. The smallest absolute Gasteiger partial charge is 0.341 e. The van der Waals surface area contributed by atoms with Gasteiger partial charge in [0.15, 0.2) is 0 Å². The van der Waals surface area contributed by atoms with Crippen molar-refractivity contribution in [3.05, 3.63) is 35.4 Å². The summed E-state index contributed by atoms with van der Waals surface area (Å²) in [6, 6.07) is 5.23. The van der Waals surface area contributed by atoms with Gasteiger partial charge in [0, 0.05) is 24.8 Å². The van der Waals surface area contributed by atoms with Gasteiger partial charge in [-0.25, -0.2) is 0 Å². The Hall–Kier alpha value is -1.17. The van der Waals surface area contributed by atoms with Gasteiger partial charge in [-0.2, -0.15) is 25.8 Å². The van der Waals surface area contributed by atoms with Gasteiger partial charge in [0.1, 0.15) is 0 Å². The fourth-order valence-electron chi connectivity index (χ4n) is 2.13. The molecule has 104 valence electrons. The van der Waals surface area contributed by atoms with E-state index in [-0.39, 0.29) is 11.2 Å². The molecule has 1 aliphatic heterocycles. The predicted octanol–water partition coefficient (Wildman–Crippen LogP) is 2.78. The van der Waals surface area contributed by atoms with E-state index in [1.54, 1.807) is 11.0 Å². The van der Waals surface area contributed by atoms with E-state index in [0.29, 0.717) is 31.5 Å². The van der Waals surface area contributed by atoms with Gasteiger partial charge < -0.3 is 4.90 Å². The van der Waals surface area contributed by atoms with Crippen molar-refractivity contribution in [2.45, 2.75) is 24.3 Å². The number of hydrogen-bond acceptors (Lipinski definition) is 2. The predicted molar refractivity (Wildman–Crippen MR) is 69.1 cm³/mol. The average Bonchev–Trinajstić information content (AvgIpc) is 2.64. The number of alkyl halides is 3. The maximum Gasteiger partial charge on any atom is 0.416 e. The molecule has 0 aliphatic carbocycles. The number of carbonyl (C=O) groups is 1. The fraction of sp³-hybridized carbons (Fsp3) is 0.462. The van der Waals surface area contributed by atoms with E-state index < -0.39 is 11.7 Å². The lowest BCUT2D eigenvalue weighted by Crippen LogP contribution is -2.27. The SMILES string of the molecule is O=C1CC(S)CN1CCc1cccc(C(F)(F)F)c1. The standard InChI is InChI=1S/C13H14F3NOS/c14-13(15,16)10-3-1-2-9(6-10)4-5-17-8-11(19)7-12(17)18/h1-3,6,11,19H,4-5,7-8H2. The Bertz CT molecular complexity index is 475. The van der Waals surface area contributed by atoms with Crippen LogP contribution in [0.5, 0.6) is 0 Å². The summed E-state index contributed by atoms with van der Waals surface area (Å²) in [5.41, 5.74) is -0.0601. The Morgan fingerprint density at radius 3 is 2.68 bits per heavy atom. The van der Waals surface area contributed by atoms with Crippen molar-refractivity contribution in [3.8, 4) is 0 Å². The van der Waals surface area contributed by atoms with Crippen LogP contribution < -0.4 is 0 Å². The van der Waals surface area contributed by atoms with Crippen molar-refractivity contribution < 1.29 is 18.0 Å². The quantitative estimate of drug-likeness (QED) is 0.848. The van der Waals surface area contributed by atoms with Crippen molar-refractivity contribution >= 4 is 18.5 Å². The normalized spacial score (nSPS) is 20.1. The molecule has 19 heavy (non-hydrogen) atoms. The van der Waals surface area contributed by atoms with Gasteiger partial charge in [-0.1, -0.05) is 18.2 Å². The summed E-state index contributed by atoms with van der Waals surface area (Å²) in [6.45, 7) is 1.01. The lowest BCUT2D eigenvalue weighted by molar-refractivity contribution is -0.137. The van der Waals surface area contributed by atoms with Crippen molar-refractivity contribution in [3.63, 3.8) is 0 Å². The first-order chi connectivity index (χ1) is 8.86. The van der Waals surface area contributed by atoms with Crippen molar-refractivity contribution in [2.24, 2.45) is 0 Å². The van der Waals surface area contributed by atoms with Crippen LogP contribution in [0.2, 0.25) is 0 Å². The van der Waals surface area contributed by atoms with E-state index >= 15 is 0 Å². The number of thiol groups is 1. The molecule has 0 bridgehead atoms. The third-order valence-corrected chi connectivity index (χ3v) is 3.46. The molecule has 0 spiro atoms. The minimum Gasteiger partial charge on any atom is -0.341 e. The first-order valence-electron chi connectivity index (χ1n) is 5.98. The zero-order valence-electron chi connectivity index (χ0n) is 10.2. The van der Waals surface area contributed by atoms with E-state index in [2.05, 4.69) is 12.6 Å². The second kappa shape index (κ2) is 5.45. The lowest BCUT2D eigenvalue weighted by atomic mass is 10.1. The Kier molecular flexibility index (Phi) is 4.08. The van der Waals surface area contributed by atoms with Crippen LogP contribution in [0.4, 0.5) is 13.2 Å². The number of nitrogens with zero attached hydrogens (tertiary/aromatic N) is 1. The van der Waals surface area contributed by atoms with Crippen LogP contribution in [-0.2, 0) is 17.4 Å². The molecule has 1 atom stereocenters. The van der Waals surface area contributed by atoms with Crippen LogP contribution in [0, 0.1) is 0 Å². The van der Waals surface area contributed by atoms with Gasteiger partial charge in [-0.05, 0) is 18.1 Å². The topological polar surface area (TPSA) is 20.3 Å². The maximum atomic E-state index is 12.5. The van der Waals surface area contributed by atoms with Crippen LogP contribution in [0.3, 0.4) is 0 Å². The lowest BCUT2D eigenvalue weighted by Gasteiger charge is -2.16. The number of likely N-dealkylation sites (tertiary alicyclic amines) is 1. The third-order valence-electron chi connectivity index (χ3n) is 3.12. The summed E-state index contributed by atoms with van der Waals surface area (Å²) in [5, 5.41) is 0.0361. The molecule has 2 rings (SSSR count). The Morgan fingerprint density at radius 2 is 2.11 bits per heavy atom. The Labute approximate surface area is 115 Å². The summed E-state index contributed by atoms with van der Waals surface area (Å²) in [5.74, 6) is 0.0203. The number of carbonyl (C=O) groups excluding carboxylic acids is 1. The zero-order chi connectivity index (χ0) is 14.0. The number of halogens is 3. The van der Waals surface area contributed by atoms with Crippen LogP contribution >= 0.6 is 12.6 Å². The molecule has 0 N–H and O–H groups in total. The largest absolute Gasteiger partial charge is 0.416 e. The monoisotopic (exact) mass is 289 g/mol. The van der Waals surface area contributed by atoms with Gasteiger partial charge in [-0.15, -0.1) is 0 Å². The zero-order valence-corrected chi connectivity index (χ0v) is 11.0. The molecule has 1 aliphatic rings. The summed E-state index contributed by atoms with van der Waals surface area (Å²) in [7, 11) is 0. The second-order valence-corrected chi connectivity index (χ2v) is 5.38. The van der Waals surface area contributed by atoms with E-state index in [4.69, 9.17) is 0 Å². The number of rotatable bonds is 3. The minimum absolute atomic E-state index is 0.0203. The highest BCUT2D eigenvalue weighted by Gasteiger charge is 2.30.